The summed E-state index contributed by atoms with van der Waals surface area (Å²) >= 11 is 0. The zero-order valence-electron chi connectivity index (χ0n) is 11.5. The molecule has 2 rings (SSSR count). The van der Waals surface area contributed by atoms with Gasteiger partial charge >= 0.3 is 0 Å². The molecule has 0 radical (unpaired) electrons. The minimum atomic E-state index is -0.465. The maximum atomic E-state index is 12.3. The number of nitrogens with zero attached hydrogens (tertiary/aromatic N) is 1. The summed E-state index contributed by atoms with van der Waals surface area (Å²) < 4.78 is 0. The smallest absolute Gasteiger partial charge is 0.261 e. The van der Waals surface area contributed by atoms with E-state index in [2.05, 4.69) is 0 Å². The predicted octanol–water partition coefficient (Wildman–Crippen LogP) is 2.08. The highest BCUT2D eigenvalue weighted by molar-refractivity contribution is 6.21. The van der Waals surface area contributed by atoms with Gasteiger partial charge in [-0.05, 0) is 24.0 Å². The van der Waals surface area contributed by atoms with E-state index in [9.17, 15) is 14.7 Å². The van der Waals surface area contributed by atoms with Gasteiger partial charge in [0.2, 0.25) is 0 Å². The van der Waals surface area contributed by atoms with Crippen molar-refractivity contribution in [1.82, 2.24) is 4.90 Å². The van der Waals surface area contributed by atoms with E-state index < -0.39 is 6.04 Å². The van der Waals surface area contributed by atoms with Crippen LogP contribution in [0.4, 0.5) is 0 Å². The minimum absolute atomic E-state index is 0.0667. The largest absolute Gasteiger partial charge is 0.394 e. The van der Waals surface area contributed by atoms with Crippen LogP contribution in [0, 0.1) is 5.41 Å². The van der Waals surface area contributed by atoms with Crippen LogP contribution in [-0.2, 0) is 0 Å². The van der Waals surface area contributed by atoms with Crippen molar-refractivity contribution >= 4 is 11.8 Å². The summed E-state index contributed by atoms with van der Waals surface area (Å²) in [6, 6.07) is 6.32. The Kier molecular flexibility index (Phi) is 3.45. The number of hydrogen-bond acceptors (Lipinski definition) is 3. The van der Waals surface area contributed by atoms with Crippen molar-refractivity contribution in [3.05, 3.63) is 35.4 Å². The molecule has 2 amide bonds. The summed E-state index contributed by atoms with van der Waals surface area (Å²) in [5, 5.41) is 9.52. The van der Waals surface area contributed by atoms with Gasteiger partial charge in [-0.2, -0.15) is 0 Å². The molecule has 1 aliphatic heterocycles. The summed E-state index contributed by atoms with van der Waals surface area (Å²) in [4.78, 5) is 25.8. The Labute approximate surface area is 113 Å². The fourth-order valence-corrected chi connectivity index (χ4v) is 2.48. The van der Waals surface area contributed by atoms with Crippen LogP contribution in [0.2, 0.25) is 0 Å². The van der Waals surface area contributed by atoms with Gasteiger partial charge in [0.1, 0.15) is 0 Å². The first kappa shape index (κ1) is 13.7. The standard InChI is InChI=1S/C15H19NO3/c1-15(2,3)8-10(9-17)16-13(18)11-6-4-5-7-12(11)14(16)19/h4-7,10,17H,8-9H2,1-3H3. The van der Waals surface area contributed by atoms with Crippen molar-refractivity contribution in [2.45, 2.75) is 33.2 Å². The molecule has 1 aliphatic rings. The Morgan fingerprint density at radius 1 is 1.11 bits per heavy atom. The number of aliphatic hydroxyl groups is 1. The van der Waals surface area contributed by atoms with Crippen LogP contribution in [0.3, 0.4) is 0 Å². The number of rotatable bonds is 3. The maximum absolute atomic E-state index is 12.3. The van der Waals surface area contributed by atoms with Gasteiger partial charge in [0, 0.05) is 0 Å². The molecule has 1 heterocycles. The Balaban J connectivity index is 2.32. The van der Waals surface area contributed by atoms with Crippen molar-refractivity contribution in [3.8, 4) is 0 Å². The molecule has 1 aromatic rings. The number of hydrogen-bond donors (Lipinski definition) is 1. The lowest BCUT2D eigenvalue weighted by Crippen LogP contribution is -2.44. The highest BCUT2D eigenvalue weighted by Gasteiger charge is 2.40. The molecule has 1 atom stereocenters. The molecule has 102 valence electrons. The summed E-state index contributed by atoms with van der Waals surface area (Å²) in [6.45, 7) is 5.86. The van der Waals surface area contributed by atoms with E-state index in [0.717, 1.165) is 0 Å². The van der Waals surface area contributed by atoms with E-state index in [1.54, 1.807) is 24.3 Å². The van der Waals surface area contributed by atoms with E-state index in [4.69, 9.17) is 0 Å². The molecule has 0 saturated carbocycles. The first-order valence-electron chi connectivity index (χ1n) is 6.43. The molecule has 0 aromatic heterocycles. The van der Waals surface area contributed by atoms with E-state index in [-0.39, 0.29) is 23.8 Å². The van der Waals surface area contributed by atoms with Gasteiger partial charge in [0.05, 0.1) is 23.8 Å². The fourth-order valence-electron chi connectivity index (χ4n) is 2.48. The van der Waals surface area contributed by atoms with Gasteiger partial charge in [-0.25, -0.2) is 0 Å². The molecule has 0 saturated heterocycles. The molecule has 0 spiro atoms. The minimum Gasteiger partial charge on any atom is -0.394 e. The van der Waals surface area contributed by atoms with Crippen LogP contribution in [-0.4, -0.2) is 34.5 Å². The summed E-state index contributed by atoms with van der Waals surface area (Å²) in [5.74, 6) is -0.604. The molecule has 0 fully saturated rings. The lowest BCUT2D eigenvalue weighted by Gasteiger charge is -2.30. The Morgan fingerprint density at radius 3 is 1.95 bits per heavy atom. The van der Waals surface area contributed by atoms with E-state index >= 15 is 0 Å². The van der Waals surface area contributed by atoms with E-state index in [1.165, 1.54) is 4.90 Å². The van der Waals surface area contributed by atoms with Crippen molar-refractivity contribution in [1.29, 1.82) is 0 Å². The number of imide groups is 1. The average Bonchev–Trinajstić information content (AvgIpc) is 2.59. The highest BCUT2D eigenvalue weighted by atomic mass is 16.3. The molecule has 4 heteroatoms. The molecule has 4 nitrogen and oxygen atoms in total. The van der Waals surface area contributed by atoms with Crippen molar-refractivity contribution in [3.63, 3.8) is 0 Å². The fraction of sp³-hybridized carbons (Fsp3) is 0.467. The molecule has 0 aliphatic carbocycles. The van der Waals surface area contributed by atoms with E-state index in [1.807, 2.05) is 20.8 Å². The maximum Gasteiger partial charge on any atom is 0.261 e. The summed E-state index contributed by atoms with van der Waals surface area (Å²) in [6.07, 6.45) is 0.578. The second-order valence-electron chi connectivity index (χ2n) is 6.13. The lowest BCUT2D eigenvalue weighted by molar-refractivity contribution is 0.0459. The van der Waals surface area contributed by atoms with Gasteiger partial charge in [-0.3, -0.25) is 14.5 Å². The van der Waals surface area contributed by atoms with Gasteiger partial charge in [0.15, 0.2) is 0 Å². The zero-order valence-corrected chi connectivity index (χ0v) is 11.5. The van der Waals surface area contributed by atoms with Crippen LogP contribution in [0.15, 0.2) is 24.3 Å². The molecule has 0 bridgehead atoms. The quantitative estimate of drug-likeness (QED) is 0.847. The van der Waals surface area contributed by atoms with E-state index in [0.29, 0.717) is 17.5 Å². The van der Waals surface area contributed by atoms with Crippen LogP contribution in [0.5, 0.6) is 0 Å². The summed E-state index contributed by atoms with van der Waals surface area (Å²) in [7, 11) is 0. The lowest BCUT2D eigenvalue weighted by atomic mass is 9.87. The third-order valence-electron chi connectivity index (χ3n) is 3.25. The van der Waals surface area contributed by atoms with Gasteiger partial charge in [0.25, 0.3) is 11.8 Å². The number of carbonyl (C=O) groups is 2. The first-order valence-corrected chi connectivity index (χ1v) is 6.43. The number of aliphatic hydroxyl groups excluding tert-OH is 1. The number of amides is 2. The first-order chi connectivity index (χ1) is 8.85. The molecule has 1 unspecified atom stereocenters. The van der Waals surface area contributed by atoms with Crippen LogP contribution in [0.25, 0.3) is 0 Å². The number of fused-ring (bicyclic) bond motifs is 1. The molecule has 1 aromatic carbocycles. The Bertz CT molecular complexity index is 481. The normalized spacial score (nSPS) is 16.7. The molecule has 19 heavy (non-hydrogen) atoms. The monoisotopic (exact) mass is 261 g/mol. The molecular formula is C15H19NO3. The van der Waals surface area contributed by atoms with Crippen LogP contribution < -0.4 is 0 Å². The van der Waals surface area contributed by atoms with Crippen LogP contribution >= 0.6 is 0 Å². The Morgan fingerprint density at radius 2 is 1.58 bits per heavy atom. The number of benzene rings is 1. The Hall–Kier alpha value is -1.68. The molecular weight excluding hydrogens is 242 g/mol. The van der Waals surface area contributed by atoms with Crippen molar-refractivity contribution in [2.24, 2.45) is 5.41 Å². The van der Waals surface area contributed by atoms with Crippen molar-refractivity contribution in [2.75, 3.05) is 6.61 Å². The van der Waals surface area contributed by atoms with Gasteiger partial charge in [-0.15, -0.1) is 0 Å². The topological polar surface area (TPSA) is 57.6 Å². The predicted molar refractivity (Wildman–Crippen MR) is 71.9 cm³/mol. The third kappa shape index (κ3) is 2.54. The summed E-state index contributed by atoms with van der Waals surface area (Å²) in [5.41, 5.74) is 0.794. The van der Waals surface area contributed by atoms with Gasteiger partial charge in [-0.1, -0.05) is 32.9 Å². The average molecular weight is 261 g/mol. The molecule has 1 N–H and O–H groups in total. The third-order valence-corrected chi connectivity index (χ3v) is 3.25. The van der Waals surface area contributed by atoms with Crippen LogP contribution in [0.1, 0.15) is 47.9 Å². The van der Waals surface area contributed by atoms with Crippen molar-refractivity contribution < 1.29 is 14.7 Å². The SMILES string of the molecule is CC(C)(C)CC(CO)N1C(=O)c2ccccc2C1=O. The second kappa shape index (κ2) is 4.78. The highest BCUT2D eigenvalue weighted by Crippen LogP contribution is 2.29. The number of carbonyl (C=O) groups excluding carboxylic acids is 2. The van der Waals surface area contributed by atoms with Gasteiger partial charge < -0.3 is 5.11 Å². The zero-order chi connectivity index (χ0) is 14.2. The second-order valence-corrected chi connectivity index (χ2v) is 6.13.